The number of nitrogens with zero attached hydrogens (tertiary/aromatic N) is 4. The van der Waals surface area contributed by atoms with Gasteiger partial charge >= 0.3 is 35.8 Å². The highest BCUT2D eigenvalue weighted by Gasteiger charge is 2.28. The Balaban J connectivity index is 0.000000450. The minimum Gasteiger partial charge on any atom is -0.511 e. The van der Waals surface area contributed by atoms with Crippen LogP contribution < -0.4 is 38.1 Å². The van der Waals surface area contributed by atoms with Gasteiger partial charge in [-0.05, 0) is 102 Å². The summed E-state index contributed by atoms with van der Waals surface area (Å²) in [6, 6.07) is 4.94. The molecule has 4 heterocycles. The Morgan fingerprint density at radius 1 is 0.609 bits per heavy atom. The van der Waals surface area contributed by atoms with Crippen molar-refractivity contribution in [3.05, 3.63) is 102 Å². The molecule has 30 nitrogen and oxygen atoms in total. The van der Waals surface area contributed by atoms with Gasteiger partial charge in [0.1, 0.15) is 52.7 Å². The maximum absolute atomic E-state index is 12.6. The van der Waals surface area contributed by atoms with E-state index in [4.69, 9.17) is 57.6 Å². The van der Waals surface area contributed by atoms with Crippen molar-refractivity contribution >= 4 is 124 Å². The van der Waals surface area contributed by atoms with Crippen LogP contribution in [0.4, 0.5) is 17.1 Å². The van der Waals surface area contributed by atoms with Gasteiger partial charge < -0.3 is 72.3 Å². The third-order valence-electron chi connectivity index (χ3n) is 11.2. The van der Waals surface area contributed by atoms with Crippen LogP contribution in [0.25, 0.3) is 18.2 Å². The van der Waals surface area contributed by atoms with Gasteiger partial charge in [0.15, 0.2) is 5.84 Å². The zero-order valence-corrected chi connectivity index (χ0v) is 48.8. The van der Waals surface area contributed by atoms with E-state index in [1.165, 1.54) is 54.6 Å². The van der Waals surface area contributed by atoms with Gasteiger partial charge in [0.2, 0.25) is 11.8 Å². The lowest BCUT2D eigenvalue weighted by atomic mass is 10.0. The van der Waals surface area contributed by atoms with Crippen LogP contribution in [0.5, 0.6) is 0 Å². The second kappa shape index (κ2) is 37.7. The molecule has 13 N–H and O–H groups in total. The fourth-order valence-electron chi connectivity index (χ4n) is 7.09. The number of rotatable bonds is 30. The van der Waals surface area contributed by atoms with E-state index in [0.29, 0.717) is 17.1 Å². The Labute approximate surface area is 503 Å². The Morgan fingerprint density at radius 2 is 1.01 bits per heavy atom. The quantitative estimate of drug-likeness (QED) is 0.0256. The van der Waals surface area contributed by atoms with Crippen molar-refractivity contribution in [2.75, 3.05) is 48.7 Å². The second-order valence-corrected chi connectivity index (χ2v) is 17.8. The molecular weight excluding hydrogens is 1160 g/mol. The smallest absolute Gasteiger partial charge is 0.328 e. The van der Waals surface area contributed by atoms with Gasteiger partial charge in [-0.1, -0.05) is 19.7 Å². The van der Waals surface area contributed by atoms with Crippen LogP contribution in [0.2, 0.25) is 0 Å². The van der Waals surface area contributed by atoms with Crippen molar-refractivity contribution in [2.24, 2.45) is 10.7 Å². The van der Waals surface area contributed by atoms with Crippen molar-refractivity contribution in [2.45, 2.75) is 97.2 Å². The average Bonchev–Trinajstić information content (AvgIpc) is 2.58. The summed E-state index contributed by atoms with van der Waals surface area (Å²) in [4.78, 5) is 146. The highest BCUT2D eigenvalue weighted by molar-refractivity contribution is 6.29. The molecule has 3 atom stereocenters. The first-order chi connectivity index (χ1) is 41.3. The van der Waals surface area contributed by atoms with Crippen LogP contribution >= 0.6 is 11.6 Å². The van der Waals surface area contributed by atoms with E-state index in [2.05, 4.69) is 66.3 Å². The molecule has 0 aromatic carbocycles. The summed E-state index contributed by atoms with van der Waals surface area (Å²) < 4.78 is 19.5. The molecule has 468 valence electrons. The molecule has 3 aromatic heterocycles. The van der Waals surface area contributed by atoms with Gasteiger partial charge in [-0.25, -0.2) is 34.3 Å². The van der Waals surface area contributed by atoms with Crippen molar-refractivity contribution in [3.8, 4) is 0 Å². The number of carbonyl (C=O) groups excluding carboxylic acids is 9. The molecule has 87 heavy (non-hydrogen) atoms. The number of ether oxygens (including phenoxy) is 4. The standard InChI is InChI=1S/C20H22N6O7.C19H24ClN3O6.C17H23N3O5/c1-2-10-11(24-16(28)7-9-14(27)8-15(21)26-18(9)22)3-4-12(23-10)19(31)25-13(20(32)33)5-6-17(29)30;1-4-12-13(22-16(24)11-20)7-8-14(21-12)18(26)23-15(19(27)29-6-3)9-10-17(25)28-5-2;1-4-12-11(18)7-8-13(19-12)16(22)20-14(17(23)25-6-3)9-10-15(21)24-5-2/h2-4,13,27H,1,5-8H2,(H,24,28)(H,25,31)(H,29,30)(H,32,33)(H3,21,22,26);4,7-8,15H,1,5-6,9-11H2,2-3H3,(H,22,24)(H,23,26);4,7-8,14H,1,5-6,9-10,18H2,2-3H3,(H,20,22)/t13-;15-;14-/m000/s1. The number of aliphatic hydroxyl groups excluding tert-OH is 1. The molecule has 4 rings (SSSR count). The molecule has 0 fully saturated rings. The Morgan fingerprint density at radius 3 is 1.40 bits per heavy atom. The number of hydrogen-bond acceptors (Lipinski definition) is 22. The van der Waals surface area contributed by atoms with Crippen molar-refractivity contribution in [1.29, 1.82) is 5.41 Å². The first-order valence-corrected chi connectivity index (χ1v) is 27.0. The molecule has 0 aliphatic carbocycles. The summed E-state index contributed by atoms with van der Waals surface area (Å²) in [5.74, 6) is -8.67. The number of alkyl halides is 1. The number of carboxylic acid groups (broad SMARTS) is 2. The van der Waals surface area contributed by atoms with Crippen LogP contribution in [-0.4, -0.2) is 158 Å². The maximum Gasteiger partial charge on any atom is 0.328 e. The molecule has 0 saturated heterocycles. The van der Waals surface area contributed by atoms with E-state index in [1.807, 2.05) is 0 Å². The number of carbonyl (C=O) groups is 11. The predicted octanol–water partition coefficient (Wildman–Crippen LogP) is 3.87. The minimum absolute atomic E-state index is 0.00537. The van der Waals surface area contributed by atoms with Crippen molar-refractivity contribution in [1.82, 2.24) is 30.9 Å². The molecule has 0 unspecified atom stereocenters. The third kappa shape index (κ3) is 25.2. The second-order valence-electron chi connectivity index (χ2n) is 17.5. The normalized spacial score (nSPS) is 12.3. The van der Waals surface area contributed by atoms with Crippen molar-refractivity contribution < 1.29 is 87.0 Å². The SMILES string of the molecule is C=Cc1nc(C(=O)N[C@@H](CCC(=O)O)C(=O)O)ccc1NC(=O)CC1=C(O)CC(N)=NC1=N.C=Cc1nc(C(=O)N[C@@H](CCC(=O)OCC)C(=O)OCC)ccc1N.C=Cc1nc(C(=O)N[C@@H](CCC(=O)OCC)C(=O)OCC)ccc1NC(=O)CCl. The lowest BCUT2D eigenvalue weighted by Gasteiger charge is -2.17. The van der Waals surface area contributed by atoms with Crippen LogP contribution in [0.3, 0.4) is 0 Å². The number of nitrogen functional groups attached to an aromatic ring is 1. The number of aliphatic carboxylic acids is 2. The van der Waals surface area contributed by atoms with Crippen LogP contribution in [-0.2, 0) is 57.3 Å². The van der Waals surface area contributed by atoms with Crippen LogP contribution in [0.15, 0.2) is 72.5 Å². The number of nitrogens with two attached hydrogens (primary N) is 2. The summed E-state index contributed by atoms with van der Waals surface area (Å²) in [6.45, 7) is 18.1. The lowest BCUT2D eigenvalue weighted by Crippen LogP contribution is -2.42. The number of amidine groups is 2. The zero-order valence-electron chi connectivity index (χ0n) is 48.0. The number of nitrogens with one attached hydrogen (secondary N) is 6. The maximum atomic E-state index is 12.6. The highest BCUT2D eigenvalue weighted by Crippen LogP contribution is 2.22. The van der Waals surface area contributed by atoms with Gasteiger partial charge in [0.05, 0.1) is 73.4 Å². The third-order valence-corrected chi connectivity index (χ3v) is 11.5. The average molecular weight is 1230 g/mol. The molecule has 0 saturated carbocycles. The summed E-state index contributed by atoms with van der Waals surface area (Å²) in [5, 5.41) is 47.9. The highest BCUT2D eigenvalue weighted by atomic mass is 35.5. The topological polar surface area (TPSA) is 472 Å². The molecule has 0 radical (unpaired) electrons. The van der Waals surface area contributed by atoms with Crippen molar-refractivity contribution in [3.63, 3.8) is 0 Å². The Hall–Kier alpha value is -10.4. The van der Waals surface area contributed by atoms with Gasteiger partial charge in [-0.15, -0.1) is 11.6 Å². The number of aliphatic hydroxyl groups is 1. The number of pyridine rings is 3. The number of dihydropyridines is 1. The molecule has 0 spiro atoms. The van der Waals surface area contributed by atoms with Crippen LogP contribution in [0.1, 0.15) is 128 Å². The number of amides is 5. The summed E-state index contributed by atoms with van der Waals surface area (Å²) in [5.41, 5.74) is 12.7. The number of hydrogen-bond donors (Lipinski definition) is 11. The monoisotopic (exact) mass is 1230 g/mol. The van der Waals surface area contributed by atoms with Gasteiger partial charge in [0, 0.05) is 24.8 Å². The predicted molar refractivity (Wildman–Crippen MR) is 317 cm³/mol. The van der Waals surface area contributed by atoms with E-state index in [1.54, 1.807) is 27.7 Å². The Kier molecular flexibility index (Phi) is 31.5. The number of aromatic nitrogens is 3. The summed E-state index contributed by atoms with van der Waals surface area (Å²) in [7, 11) is 0. The molecule has 3 aromatic rings. The number of carboxylic acids is 2. The molecule has 1 aliphatic rings. The fraction of sp³-hybridized carbons (Fsp3) is 0.357. The first-order valence-electron chi connectivity index (χ1n) is 26.5. The van der Waals surface area contributed by atoms with E-state index < -0.39 is 89.9 Å². The number of esters is 4. The molecule has 1 aliphatic heterocycles. The Bertz CT molecular complexity index is 3150. The summed E-state index contributed by atoms with van der Waals surface area (Å²) >= 11 is 5.46. The van der Waals surface area contributed by atoms with Crippen LogP contribution in [0, 0.1) is 5.41 Å². The van der Waals surface area contributed by atoms with E-state index in [-0.39, 0.29) is 134 Å². The number of halogens is 1. The molecule has 31 heteroatoms. The number of aliphatic imine (C=N–C) groups is 1. The van der Waals surface area contributed by atoms with E-state index in [9.17, 15) is 57.8 Å². The first kappa shape index (κ1) is 72.7. The van der Waals surface area contributed by atoms with Gasteiger partial charge in [0.25, 0.3) is 17.7 Å². The van der Waals surface area contributed by atoms with Gasteiger partial charge in [-0.3, -0.25) is 43.8 Å². The summed E-state index contributed by atoms with van der Waals surface area (Å²) in [6.07, 6.45) is 2.85. The van der Waals surface area contributed by atoms with E-state index >= 15 is 0 Å². The molecular formula is C56H69ClN12O18. The van der Waals surface area contributed by atoms with E-state index in [0.717, 1.165) is 0 Å². The number of anilines is 3. The van der Waals surface area contributed by atoms with Gasteiger partial charge in [-0.2, -0.15) is 0 Å². The zero-order chi connectivity index (χ0) is 65.3. The largest absolute Gasteiger partial charge is 0.511 e. The minimum atomic E-state index is -1.43. The fourth-order valence-corrected chi connectivity index (χ4v) is 7.15. The molecule has 5 amide bonds. The molecule has 0 bridgehead atoms. The lowest BCUT2D eigenvalue weighted by molar-refractivity contribution is -0.148.